The molecule has 1 aliphatic rings. The van der Waals surface area contributed by atoms with E-state index in [9.17, 15) is 19.2 Å². The molecule has 2 aromatic carbocycles. The highest BCUT2D eigenvalue weighted by Crippen LogP contribution is 2.20. The average molecular weight is 487 g/mol. The highest BCUT2D eigenvalue weighted by molar-refractivity contribution is 5.97. The minimum atomic E-state index is -0.620. The predicted molar refractivity (Wildman–Crippen MR) is 135 cm³/mol. The van der Waals surface area contributed by atoms with Crippen molar-refractivity contribution in [3.8, 4) is 0 Å². The summed E-state index contributed by atoms with van der Waals surface area (Å²) in [6.45, 7) is 2.08. The van der Waals surface area contributed by atoms with Gasteiger partial charge < -0.3 is 15.2 Å². The zero-order valence-electron chi connectivity index (χ0n) is 19.8. The Morgan fingerprint density at radius 2 is 1.81 bits per heavy atom. The van der Waals surface area contributed by atoms with Crippen LogP contribution in [0.5, 0.6) is 0 Å². The second kappa shape index (κ2) is 9.65. The summed E-state index contributed by atoms with van der Waals surface area (Å²) in [7, 11) is 0. The Bertz CT molecular complexity index is 1560. The molecule has 1 aliphatic carbocycles. The Labute approximate surface area is 206 Å². The van der Waals surface area contributed by atoms with Crippen LogP contribution >= 0.6 is 0 Å². The van der Waals surface area contributed by atoms with Crippen molar-refractivity contribution in [1.82, 2.24) is 24.0 Å². The molecule has 10 nitrogen and oxygen atoms in total. The summed E-state index contributed by atoms with van der Waals surface area (Å²) in [6.07, 6.45) is 3.47. The highest BCUT2D eigenvalue weighted by Gasteiger charge is 2.24. The Kier molecular flexibility index (Phi) is 6.24. The summed E-state index contributed by atoms with van der Waals surface area (Å²) in [6, 6.07) is 16.1. The first-order valence-electron chi connectivity index (χ1n) is 11.9. The van der Waals surface area contributed by atoms with Crippen molar-refractivity contribution in [3.05, 3.63) is 92.9 Å². The fourth-order valence-electron chi connectivity index (χ4n) is 4.11. The maximum atomic E-state index is 13.4. The fraction of sp³-hybridized carbons (Fsp3) is 0.269. The van der Waals surface area contributed by atoms with E-state index in [0.717, 1.165) is 23.0 Å². The van der Waals surface area contributed by atoms with Crippen LogP contribution in [0.1, 0.15) is 35.7 Å². The minimum Gasteiger partial charge on any atom is -0.349 e. The maximum Gasteiger partial charge on any atom is 0.333 e. The number of aromatic nitrogens is 4. The predicted octanol–water partition coefficient (Wildman–Crippen LogP) is 1.96. The van der Waals surface area contributed by atoms with E-state index < -0.39 is 23.7 Å². The number of amides is 2. The summed E-state index contributed by atoms with van der Waals surface area (Å²) in [4.78, 5) is 56.3. The van der Waals surface area contributed by atoms with Crippen molar-refractivity contribution in [2.75, 3.05) is 5.32 Å². The van der Waals surface area contributed by atoms with Crippen LogP contribution in [0.4, 0.5) is 5.69 Å². The molecule has 2 amide bonds. The third-order valence-corrected chi connectivity index (χ3v) is 6.13. The molecule has 0 aliphatic heterocycles. The van der Waals surface area contributed by atoms with Gasteiger partial charge in [0.05, 0.1) is 12.9 Å². The molecule has 4 aromatic rings. The topological polar surface area (TPSA) is 120 Å². The molecule has 5 rings (SSSR count). The second-order valence-corrected chi connectivity index (χ2v) is 8.83. The van der Waals surface area contributed by atoms with Crippen molar-refractivity contribution >= 4 is 28.7 Å². The number of hydrogen-bond acceptors (Lipinski definition) is 5. The van der Waals surface area contributed by atoms with E-state index in [4.69, 9.17) is 0 Å². The average Bonchev–Trinajstić information content (AvgIpc) is 3.59. The van der Waals surface area contributed by atoms with Crippen molar-refractivity contribution in [2.45, 2.75) is 45.4 Å². The lowest BCUT2D eigenvalue weighted by Crippen LogP contribution is -2.43. The molecular weight excluding hydrogens is 460 g/mol. The normalized spacial score (nSPS) is 13.0. The molecule has 2 N–H and O–H groups in total. The Hall–Kier alpha value is -4.47. The van der Waals surface area contributed by atoms with Gasteiger partial charge >= 0.3 is 5.69 Å². The van der Waals surface area contributed by atoms with Crippen LogP contribution in [-0.4, -0.2) is 36.5 Å². The van der Waals surface area contributed by atoms with Gasteiger partial charge in [-0.25, -0.2) is 14.3 Å². The second-order valence-electron chi connectivity index (χ2n) is 8.83. The lowest BCUT2D eigenvalue weighted by molar-refractivity contribution is -0.116. The number of anilines is 1. The molecule has 0 saturated heterocycles. The lowest BCUT2D eigenvalue weighted by atomic mass is 10.2. The van der Waals surface area contributed by atoms with Gasteiger partial charge in [-0.15, -0.1) is 0 Å². The highest BCUT2D eigenvalue weighted by atomic mass is 16.2. The summed E-state index contributed by atoms with van der Waals surface area (Å²) >= 11 is 0. The molecule has 0 unspecified atom stereocenters. The van der Waals surface area contributed by atoms with E-state index in [1.54, 1.807) is 28.8 Å². The molecule has 1 fully saturated rings. The molecule has 10 heteroatoms. The molecule has 36 heavy (non-hydrogen) atoms. The number of aryl methyl sites for hydroxylation is 1. The summed E-state index contributed by atoms with van der Waals surface area (Å²) in [5.74, 6) is -0.756. The summed E-state index contributed by atoms with van der Waals surface area (Å²) in [5.41, 5.74) is 1.04. The van der Waals surface area contributed by atoms with Crippen molar-refractivity contribution in [1.29, 1.82) is 0 Å². The Balaban J connectivity index is 1.45. The van der Waals surface area contributed by atoms with E-state index in [1.807, 2.05) is 37.3 Å². The van der Waals surface area contributed by atoms with E-state index in [-0.39, 0.29) is 29.7 Å². The third kappa shape index (κ3) is 4.70. The number of benzene rings is 2. The number of nitrogens with one attached hydrogen (secondary N) is 2. The monoisotopic (exact) mass is 486 g/mol. The largest absolute Gasteiger partial charge is 0.349 e. The van der Waals surface area contributed by atoms with Crippen molar-refractivity contribution < 1.29 is 9.59 Å². The van der Waals surface area contributed by atoms with Gasteiger partial charge in [0.25, 0.3) is 11.5 Å². The smallest absolute Gasteiger partial charge is 0.333 e. The van der Waals surface area contributed by atoms with Crippen LogP contribution in [0.2, 0.25) is 0 Å². The first-order chi connectivity index (χ1) is 17.4. The van der Waals surface area contributed by atoms with Gasteiger partial charge in [0.2, 0.25) is 5.91 Å². The summed E-state index contributed by atoms with van der Waals surface area (Å²) < 4.78 is 4.00. The third-order valence-electron chi connectivity index (χ3n) is 6.13. The van der Waals surface area contributed by atoms with Crippen molar-refractivity contribution in [2.24, 2.45) is 0 Å². The van der Waals surface area contributed by atoms with E-state index in [1.165, 1.54) is 10.9 Å². The molecule has 0 radical (unpaired) electrons. The van der Waals surface area contributed by atoms with Crippen molar-refractivity contribution in [3.63, 3.8) is 0 Å². The molecule has 0 bridgehead atoms. The van der Waals surface area contributed by atoms with Crippen LogP contribution in [0.3, 0.4) is 0 Å². The van der Waals surface area contributed by atoms with Crippen LogP contribution < -0.4 is 21.9 Å². The SMILES string of the molecule is CCn1cnc2c1c(=O)n(CC(=O)Nc1cccc(C(=O)NC3CC3)c1)c(=O)n2Cc1ccccc1. The van der Waals surface area contributed by atoms with Crippen LogP contribution in [-0.2, 0) is 24.4 Å². The molecule has 1 saturated carbocycles. The van der Waals surface area contributed by atoms with Crippen LogP contribution in [0.15, 0.2) is 70.5 Å². The van der Waals surface area contributed by atoms with Gasteiger partial charge in [-0.3, -0.25) is 19.0 Å². The fourth-order valence-corrected chi connectivity index (χ4v) is 4.11. The van der Waals surface area contributed by atoms with Crippen LogP contribution in [0, 0.1) is 0 Å². The van der Waals surface area contributed by atoms with Gasteiger partial charge in [0.1, 0.15) is 6.54 Å². The minimum absolute atomic E-state index is 0.202. The van der Waals surface area contributed by atoms with Gasteiger partial charge in [0, 0.05) is 23.8 Å². The number of carbonyl (C=O) groups excluding carboxylic acids is 2. The molecule has 2 aromatic heterocycles. The zero-order chi connectivity index (χ0) is 25.2. The first-order valence-corrected chi connectivity index (χ1v) is 11.9. The Morgan fingerprint density at radius 1 is 1.03 bits per heavy atom. The number of imidazole rings is 1. The number of carbonyl (C=O) groups is 2. The van der Waals surface area contributed by atoms with Gasteiger partial charge in [-0.05, 0) is 43.5 Å². The standard InChI is InChI=1S/C26H26N6O4/c1-2-30-16-27-23-22(30)25(35)32(26(36)31(23)14-17-7-4-3-5-8-17)15-21(33)28-20-10-6-9-18(13-20)24(34)29-19-11-12-19/h3-10,13,16,19H,2,11-12,14-15H2,1H3,(H,28,33)(H,29,34). The number of fused-ring (bicyclic) bond motifs is 1. The number of rotatable bonds is 8. The number of hydrogen-bond donors (Lipinski definition) is 2. The molecule has 2 heterocycles. The zero-order valence-corrected chi connectivity index (χ0v) is 19.8. The van der Waals surface area contributed by atoms with Gasteiger partial charge in [-0.1, -0.05) is 36.4 Å². The summed E-state index contributed by atoms with van der Waals surface area (Å²) in [5, 5.41) is 5.61. The van der Waals surface area contributed by atoms with Gasteiger partial charge in [-0.2, -0.15) is 0 Å². The lowest BCUT2D eigenvalue weighted by Gasteiger charge is -2.13. The van der Waals surface area contributed by atoms with E-state index >= 15 is 0 Å². The van der Waals surface area contributed by atoms with Crippen LogP contribution in [0.25, 0.3) is 11.2 Å². The molecule has 184 valence electrons. The van der Waals surface area contributed by atoms with Gasteiger partial charge in [0.15, 0.2) is 11.2 Å². The number of nitrogens with zero attached hydrogens (tertiary/aromatic N) is 4. The molecule has 0 atom stereocenters. The molecular formula is C26H26N6O4. The van der Waals surface area contributed by atoms with E-state index in [0.29, 0.717) is 17.8 Å². The Morgan fingerprint density at radius 3 is 2.53 bits per heavy atom. The molecule has 0 spiro atoms. The first kappa shape index (κ1) is 23.3. The maximum absolute atomic E-state index is 13.4. The quantitative estimate of drug-likeness (QED) is 0.395. The van der Waals surface area contributed by atoms with E-state index in [2.05, 4.69) is 15.6 Å².